The monoisotopic (exact) mass is 148 g/mol. The summed E-state index contributed by atoms with van der Waals surface area (Å²) in [5, 5.41) is 0. The van der Waals surface area contributed by atoms with E-state index in [2.05, 4.69) is 11.7 Å². The van der Waals surface area contributed by atoms with Crippen molar-refractivity contribution in [1.82, 2.24) is 0 Å². The van der Waals surface area contributed by atoms with Gasteiger partial charge in [0.25, 0.3) is 0 Å². The molecule has 0 aromatic heterocycles. The highest BCUT2D eigenvalue weighted by molar-refractivity contribution is 8.68. The molecule has 0 atom stereocenters. The Hall–Kier alpha value is 0.370. The van der Waals surface area contributed by atoms with Crippen LogP contribution in [0.15, 0.2) is 0 Å². The Labute approximate surface area is 58.0 Å². The molecule has 0 radical (unpaired) electrons. The van der Waals surface area contributed by atoms with Crippen molar-refractivity contribution in [3.63, 3.8) is 0 Å². The number of carbonyl (C=O) groups is 1. The zero-order valence-corrected chi connectivity index (χ0v) is 6.17. The predicted molar refractivity (Wildman–Crippen MR) is 39.2 cm³/mol. The molecular weight excluding hydrogens is 140 g/mol. The number of hydrogen-bond acceptors (Lipinski definition) is 3. The summed E-state index contributed by atoms with van der Waals surface area (Å²) in [6.07, 6.45) is 2.24. The van der Waals surface area contributed by atoms with E-state index >= 15 is 0 Å². The molecule has 1 saturated carbocycles. The van der Waals surface area contributed by atoms with Crippen LogP contribution in [0, 0.1) is 5.92 Å². The third kappa shape index (κ3) is 1.71. The molecule has 1 fully saturated rings. The van der Waals surface area contributed by atoms with Crippen LogP contribution in [0.25, 0.3) is 0 Å². The molecule has 0 aromatic rings. The van der Waals surface area contributed by atoms with Gasteiger partial charge in [-0.05, 0) is 12.8 Å². The summed E-state index contributed by atoms with van der Waals surface area (Å²) < 4.78 is 0. The molecule has 0 unspecified atom stereocenters. The molecule has 0 N–H and O–H groups in total. The van der Waals surface area contributed by atoms with Crippen LogP contribution >= 0.6 is 22.5 Å². The second-order valence-electron chi connectivity index (χ2n) is 2.01. The first-order valence-corrected chi connectivity index (χ1v) is 4.67. The average molecular weight is 148 g/mol. The van der Waals surface area contributed by atoms with Crippen molar-refractivity contribution < 1.29 is 4.79 Å². The number of rotatable bonds is 3. The lowest BCUT2D eigenvalue weighted by molar-refractivity contribution is -0.117. The van der Waals surface area contributed by atoms with E-state index in [1.54, 1.807) is 0 Å². The van der Waals surface area contributed by atoms with E-state index in [1.807, 2.05) is 0 Å². The maximum Gasteiger partial charge on any atom is 0.146 e. The van der Waals surface area contributed by atoms with Crippen molar-refractivity contribution >= 4 is 28.2 Å². The fourth-order valence-corrected chi connectivity index (χ4v) is 1.33. The number of Topliss-reactive ketones (excluding diaryl/α,β-unsaturated/α-hetero) is 1. The van der Waals surface area contributed by atoms with Crippen LogP contribution in [-0.4, -0.2) is 11.5 Å². The highest BCUT2D eigenvalue weighted by atomic mass is 33.1. The molecule has 1 aliphatic rings. The summed E-state index contributed by atoms with van der Waals surface area (Å²) in [7, 11) is 1.32. The Kier molecular flexibility index (Phi) is 2.26. The molecule has 1 aliphatic carbocycles. The van der Waals surface area contributed by atoms with Gasteiger partial charge in [-0.15, -0.1) is 11.7 Å². The smallest absolute Gasteiger partial charge is 0.146 e. The molecule has 8 heavy (non-hydrogen) atoms. The second-order valence-corrected chi connectivity index (χ2v) is 3.34. The molecule has 0 aromatic carbocycles. The van der Waals surface area contributed by atoms with Crippen molar-refractivity contribution in [2.75, 3.05) is 5.75 Å². The Morgan fingerprint density at radius 3 is 2.75 bits per heavy atom. The summed E-state index contributed by atoms with van der Waals surface area (Å²) >= 11 is 3.88. The molecular formula is C5H8OS2. The summed E-state index contributed by atoms with van der Waals surface area (Å²) in [6, 6.07) is 0. The third-order valence-corrected chi connectivity index (χ3v) is 2.04. The van der Waals surface area contributed by atoms with Gasteiger partial charge in [0.2, 0.25) is 0 Å². The first-order chi connectivity index (χ1) is 3.84. The van der Waals surface area contributed by atoms with E-state index in [0.717, 1.165) is 12.8 Å². The van der Waals surface area contributed by atoms with Crippen molar-refractivity contribution in [2.24, 2.45) is 5.92 Å². The number of ketones is 1. The van der Waals surface area contributed by atoms with Gasteiger partial charge >= 0.3 is 0 Å². The van der Waals surface area contributed by atoms with Gasteiger partial charge in [-0.25, -0.2) is 0 Å². The van der Waals surface area contributed by atoms with Crippen LogP contribution in [0.5, 0.6) is 0 Å². The van der Waals surface area contributed by atoms with Crippen LogP contribution < -0.4 is 0 Å². The first-order valence-electron chi connectivity index (χ1n) is 2.63. The van der Waals surface area contributed by atoms with Crippen molar-refractivity contribution in [1.29, 1.82) is 0 Å². The Morgan fingerprint density at radius 1 is 1.75 bits per heavy atom. The highest BCUT2D eigenvalue weighted by Crippen LogP contribution is 2.31. The number of hydrogen-bond donors (Lipinski definition) is 1. The largest absolute Gasteiger partial charge is 0.298 e. The first kappa shape index (κ1) is 6.49. The van der Waals surface area contributed by atoms with Crippen LogP contribution in [0.2, 0.25) is 0 Å². The Balaban J connectivity index is 2.13. The quantitative estimate of drug-likeness (QED) is 0.483. The molecule has 1 nitrogen and oxygen atoms in total. The molecule has 0 amide bonds. The summed E-state index contributed by atoms with van der Waals surface area (Å²) in [4.78, 5) is 10.7. The fourth-order valence-electron chi connectivity index (χ4n) is 0.587. The number of carbonyl (C=O) groups excluding carboxylic acids is 1. The minimum atomic E-state index is 0.380. The van der Waals surface area contributed by atoms with Crippen molar-refractivity contribution in [3.05, 3.63) is 0 Å². The number of thiol groups is 1. The van der Waals surface area contributed by atoms with E-state index in [4.69, 9.17) is 0 Å². The molecule has 0 bridgehead atoms. The van der Waals surface area contributed by atoms with Gasteiger partial charge in [-0.3, -0.25) is 4.79 Å². The van der Waals surface area contributed by atoms with Crippen LogP contribution in [0.1, 0.15) is 12.8 Å². The summed E-state index contributed by atoms with van der Waals surface area (Å²) in [6.45, 7) is 0. The minimum absolute atomic E-state index is 0.380. The van der Waals surface area contributed by atoms with E-state index in [0.29, 0.717) is 17.5 Å². The predicted octanol–water partition coefficient (Wildman–Crippen LogP) is 1.54. The van der Waals surface area contributed by atoms with E-state index in [-0.39, 0.29) is 0 Å². The molecule has 0 saturated heterocycles. The average Bonchev–Trinajstić information content (AvgIpc) is 2.45. The molecule has 0 heterocycles. The minimum Gasteiger partial charge on any atom is -0.298 e. The normalized spacial score (nSPS) is 18.6. The van der Waals surface area contributed by atoms with Gasteiger partial charge < -0.3 is 0 Å². The maximum atomic E-state index is 10.7. The van der Waals surface area contributed by atoms with E-state index < -0.39 is 0 Å². The molecule has 3 heteroatoms. The van der Waals surface area contributed by atoms with Gasteiger partial charge in [0, 0.05) is 5.92 Å². The highest BCUT2D eigenvalue weighted by Gasteiger charge is 2.28. The second kappa shape index (κ2) is 2.78. The van der Waals surface area contributed by atoms with Crippen molar-refractivity contribution in [2.45, 2.75) is 12.8 Å². The van der Waals surface area contributed by atoms with Crippen LogP contribution in [0.3, 0.4) is 0 Å². The van der Waals surface area contributed by atoms with Gasteiger partial charge in [-0.2, -0.15) is 0 Å². The van der Waals surface area contributed by atoms with Gasteiger partial charge in [-0.1, -0.05) is 10.8 Å². The zero-order valence-electron chi connectivity index (χ0n) is 4.46. The van der Waals surface area contributed by atoms with Crippen LogP contribution in [-0.2, 0) is 4.79 Å². The lowest BCUT2D eigenvalue weighted by Gasteiger charge is -1.88. The van der Waals surface area contributed by atoms with E-state index in [1.165, 1.54) is 10.8 Å². The fraction of sp³-hybridized carbons (Fsp3) is 0.800. The third-order valence-electron chi connectivity index (χ3n) is 1.24. The van der Waals surface area contributed by atoms with Crippen molar-refractivity contribution in [3.8, 4) is 0 Å². The van der Waals surface area contributed by atoms with Gasteiger partial charge in [0.1, 0.15) is 5.78 Å². The Bertz CT molecular complexity index is 98.6. The SMILES string of the molecule is O=C(CSS)C1CC1. The van der Waals surface area contributed by atoms with E-state index in [9.17, 15) is 4.79 Å². The summed E-state index contributed by atoms with van der Waals surface area (Å²) in [5.41, 5.74) is 0. The Morgan fingerprint density at radius 2 is 2.38 bits per heavy atom. The van der Waals surface area contributed by atoms with Crippen LogP contribution in [0.4, 0.5) is 0 Å². The lowest BCUT2D eigenvalue weighted by Crippen LogP contribution is -2.01. The zero-order chi connectivity index (χ0) is 5.98. The summed E-state index contributed by atoms with van der Waals surface area (Å²) in [5.74, 6) is 1.38. The standard InChI is InChI=1S/C5H8OS2/c6-5(3-8-7)4-1-2-4/h4,7H,1-3H2. The van der Waals surface area contributed by atoms with Gasteiger partial charge in [0.15, 0.2) is 0 Å². The molecule has 0 spiro atoms. The lowest BCUT2D eigenvalue weighted by atomic mass is 10.3. The van der Waals surface area contributed by atoms with Gasteiger partial charge in [0.05, 0.1) is 5.75 Å². The molecule has 46 valence electrons. The molecule has 0 aliphatic heterocycles. The maximum absolute atomic E-state index is 10.7. The molecule has 1 rings (SSSR count). The topological polar surface area (TPSA) is 17.1 Å².